The molecule has 132 valence electrons. The Morgan fingerprint density at radius 2 is 1.73 bits per heavy atom. The molecule has 2 aromatic rings. The van der Waals surface area contributed by atoms with Crippen molar-refractivity contribution in [3.8, 4) is 11.8 Å². The van der Waals surface area contributed by atoms with Gasteiger partial charge in [-0.2, -0.15) is 4.39 Å². The van der Waals surface area contributed by atoms with E-state index >= 15 is 0 Å². The van der Waals surface area contributed by atoms with Crippen molar-refractivity contribution in [3.63, 3.8) is 0 Å². The molecule has 4 nitrogen and oxygen atoms in total. The van der Waals surface area contributed by atoms with Crippen molar-refractivity contribution in [1.82, 2.24) is 0 Å². The number of carbonyl (C=O) groups is 2. The van der Waals surface area contributed by atoms with Gasteiger partial charge in [0.1, 0.15) is 5.57 Å². The maximum atomic E-state index is 14.7. The highest BCUT2D eigenvalue weighted by Crippen LogP contribution is 2.22. The quantitative estimate of drug-likeness (QED) is 0.516. The number of para-hydroxylation sites is 1. The summed E-state index contributed by atoms with van der Waals surface area (Å²) in [5.74, 6) is 3.09. The molecule has 0 bridgehead atoms. The number of allylic oxidation sites excluding steroid dienone is 1. The number of hydrogen-bond acceptors (Lipinski definition) is 3. The minimum atomic E-state index is -0.896. The van der Waals surface area contributed by atoms with E-state index in [1.165, 1.54) is 6.92 Å². The van der Waals surface area contributed by atoms with Crippen LogP contribution in [-0.2, 0) is 14.3 Å². The summed E-state index contributed by atoms with van der Waals surface area (Å²) >= 11 is 0. The molecule has 0 aliphatic heterocycles. The topological polar surface area (TPSA) is 55.4 Å². The number of nitrogens with one attached hydrogen (secondary N) is 1. The van der Waals surface area contributed by atoms with Gasteiger partial charge < -0.3 is 10.1 Å². The van der Waals surface area contributed by atoms with Crippen molar-refractivity contribution < 1.29 is 18.7 Å². The van der Waals surface area contributed by atoms with Crippen LogP contribution in [-0.4, -0.2) is 18.5 Å². The van der Waals surface area contributed by atoms with Crippen LogP contribution in [0.5, 0.6) is 0 Å². The molecule has 0 aliphatic rings. The summed E-state index contributed by atoms with van der Waals surface area (Å²) in [5.41, 5.74) is 1.07. The third-order valence-corrected chi connectivity index (χ3v) is 3.31. The van der Waals surface area contributed by atoms with Gasteiger partial charge in [-0.05, 0) is 30.5 Å². The summed E-state index contributed by atoms with van der Waals surface area (Å²) in [5, 5.41) is 2.63. The number of esters is 1. The lowest BCUT2D eigenvalue weighted by molar-refractivity contribution is -0.136. The first-order valence-corrected chi connectivity index (χ1v) is 8.04. The Morgan fingerprint density at radius 1 is 1.08 bits per heavy atom. The highest BCUT2D eigenvalue weighted by atomic mass is 19.1. The van der Waals surface area contributed by atoms with Crippen LogP contribution >= 0.6 is 0 Å². The second-order valence-corrected chi connectivity index (χ2v) is 5.25. The molecule has 5 heteroatoms. The first-order chi connectivity index (χ1) is 12.5. The van der Waals surface area contributed by atoms with E-state index < -0.39 is 11.8 Å². The second-order valence-electron chi connectivity index (χ2n) is 5.25. The summed E-state index contributed by atoms with van der Waals surface area (Å²) in [4.78, 5) is 23.4. The summed E-state index contributed by atoms with van der Waals surface area (Å²) in [7, 11) is 0. The lowest BCUT2D eigenvalue weighted by atomic mass is 10.0. The minimum absolute atomic E-state index is 0.126. The molecular formula is C21H18FNO3. The largest absolute Gasteiger partial charge is 0.462 e. The fraction of sp³-hybridized carbons (Fsp3) is 0.143. The van der Waals surface area contributed by atoms with Crippen molar-refractivity contribution in [2.45, 2.75) is 13.8 Å². The van der Waals surface area contributed by atoms with E-state index in [1.807, 2.05) is 0 Å². The summed E-state index contributed by atoms with van der Waals surface area (Å²) < 4.78 is 19.7. The predicted octanol–water partition coefficient (Wildman–Crippen LogP) is 3.94. The van der Waals surface area contributed by atoms with Gasteiger partial charge in [0, 0.05) is 12.5 Å². The average molecular weight is 351 g/mol. The third kappa shape index (κ3) is 5.05. The first-order valence-electron chi connectivity index (χ1n) is 8.04. The number of halogens is 1. The molecule has 0 heterocycles. The Hall–Kier alpha value is -3.39. The van der Waals surface area contributed by atoms with Crippen molar-refractivity contribution in [2.24, 2.45) is 0 Å². The van der Waals surface area contributed by atoms with Gasteiger partial charge in [0.05, 0.1) is 12.3 Å². The Morgan fingerprint density at radius 3 is 2.38 bits per heavy atom. The molecule has 1 amide bonds. The van der Waals surface area contributed by atoms with Crippen molar-refractivity contribution in [2.75, 3.05) is 11.9 Å². The maximum Gasteiger partial charge on any atom is 0.342 e. The highest BCUT2D eigenvalue weighted by molar-refractivity contribution is 6.17. The van der Waals surface area contributed by atoms with E-state index in [4.69, 9.17) is 4.74 Å². The number of carbonyl (C=O) groups excluding carboxylic acids is 2. The lowest BCUT2D eigenvalue weighted by Crippen LogP contribution is -2.08. The maximum absolute atomic E-state index is 14.7. The van der Waals surface area contributed by atoms with Crippen LogP contribution in [0, 0.1) is 11.8 Å². The standard InChI is InChI=1S/C21H18FNO3/c1-3-26-21(25)20(17-10-5-4-6-11-17)18(22)14-13-16-9-7-8-12-19(16)23-15(2)24/h4-12H,3H2,1-2H3,(H,23,24)/b20-18+. The fourth-order valence-corrected chi connectivity index (χ4v) is 2.22. The number of anilines is 1. The molecule has 0 spiro atoms. The Labute approximate surface area is 151 Å². The SMILES string of the molecule is CCOC(=O)/C(=C(/F)C#Cc1ccccc1NC(C)=O)c1ccccc1. The van der Waals surface area contributed by atoms with E-state index in [2.05, 4.69) is 17.2 Å². The van der Waals surface area contributed by atoms with Crippen LogP contribution in [0.4, 0.5) is 10.1 Å². The van der Waals surface area contributed by atoms with Gasteiger partial charge in [0.2, 0.25) is 5.91 Å². The number of hydrogen-bond donors (Lipinski definition) is 1. The van der Waals surface area contributed by atoms with Gasteiger partial charge in [0.15, 0.2) is 5.83 Å². The van der Waals surface area contributed by atoms with Crippen molar-refractivity contribution in [1.29, 1.82) is 0 Å². The highest BCUT2D eigenvalue weighted by Gasteiger charge is 2.18. The molecule has 0 atom stereocenters. The Bertz CT molecular complexity index is 892. The van der Waals surface area contributed by atoms with Gasteiger partial charge >= 0.3 is 5.97 Å². The number of amides is 1. The number of rotatable bonds is 4. The lowest BCUT2D eigenvalue weighted by Gasteiger charge is -2.07. The van der Waals surface area contributed by atoms with Gasteiger partial charge in [-0.3, -0.25) is 4.79 Å². The van der Waals surface area contributed by atoms with Crippen LogP contribution in [0.3, 0.4) is 0 Å². The fourth-order valence-electron chi connectivity index (χ4n) is 2.22. The van der Waals surface area contributed by atoms with E-state index in [0.29, 0.717) is 16.8 Å². The Kier molecular flexibility index (Phi) is 6.69. The molecular weight excluding hydrogens is 333 g/mol. The van der Waals surface area contributed by atoms with Crippen LogP contribution in [0.1, 0.15) is 25.0 Å². The molecule has 0 fully saturated rings. The van der Waals surface area contributed by atoms with Crippen LogP contribution in [0.25, 0.3) is 5.57 Å². The molecule has 2 aromatic carbocycles. The average Bonchev–Trinajstić information content (AvgIpc) is 2.62. The Balaban J connectivity index is 2.47. The zero-order valence-corrected chi connectivity index (χ0v) is 14.5. The second kappa shape index (κ2) is 9.19. The van der Waals surface area contributed by atoms with Crippen LogP contribution in [0.15, 0.2) is 60.4 Å². The van der Waals surface area contributed by atoms with Gasteiger partial charge in [-0.15, -0.1) is 0 Å². The summed E-state index contributed by atoms with van der Waals surface area (Å²) in [6.07, 6.45) is 0. The van der Waals surface area contributed by atoms with E-state index in [1.54, 1.807) is 61.5 Å². The molecule has 26 heavy (non-hydrogen) atoms. The monoisotopic (exact) mass is 351 g/mol. The normalized spacial score (nSPS) is 10.9. The van der Waals surface area contributed by atoms with E-state index in [-0.39, 0.29) is 18.1 Å². The molecule has 1 N–H and O–H groups in total. The van der Waals surface area contributed by atoms with Gasteiger partial charge in [-0.1, -0.05) is 48.4 Å². The summed E-state index contributed by atoms with van der Waals surface area (Å²) in [6.45, 7) is 3.15. The predicted molar refractivity (Wildman–Crippen MR) is 98.7 cm³/mol. The molecule has 0 aromatic heterocycles. The van der Waals surface area contributed by atoms with Gasteiger partial charge in [-0.25, -0.2) is 4.79 Å². The minimum Gasteiger partial charge on any atom is -0.462 e. The molecule has 0 unspecified atom stereocenters. The zero-order valence-electron chi connectivity index (χ0n) is 14.5. The molecule has 0 saturated heterocycles. The zero-order chi connectivity index (χ0) is 18.9. The third-order valence-electron chi connectivity index (χ3n) is 3.31. The number of ether oxygens (including phenoxy) is 1. The van der Waals surface area contributed by atoms with Crippen LogP contribution in [0.2, 0.25) is 0 Å². The van der Waals surface area contributed by atoms with Crippen molar-refractivity contribution >= 4 is 23.1 Å². The summed E-state index contributed by atoms with van der Waals surface area (Å²) in [6, 6.07) is 15.1. The molecule has 2 rings (SSSR count). The molecule has 0 radical (unpaired) electrons. The number of benzene rings is 2. The first kappa shape index (κ1) is 18.9. The van der Waals surface area contributed by atoms with Crippen molar-refractivity contribution in [3.05, 3.63) is 71.6 Å². The van der Waals surface area contributed by atoms with Crippen LogP contribution < -0.4 is 5.32 Å². The van der Waals surface area contributed by atoms with E-state index in [9.17, 15) is 14.0 Å². The molecule has 0 saturated carbocycles. The van der Waals surface area contributed by atoms with E-state index in [0.717, 1.165) is 0 Å². The van der Waals surface area contributed by atoms with Gasteiger partial charge in [0.25, 0.3) is 0 Å². The smallest absolute Gasteiger partial charge is 0.342 e. The molecule has 0 aliphatic carbocycles.